The molecule has 1 saturated carbocycles. The molecule has 8 heteroatoms. The second-order valence-corrected chi connectivity index (χ2v) is 8.99. The highest BCUT2D eigenvalue weighted by Crippen LogP contribution is 2.26. The zero-order valence-electron chi connectivity index (χ0n) is 19.5. The number of rotatable bonds is 8. The zero-order valence-corrected chi connectivity index (χ0v) is 19.5. The lowest BCUT2D eigenvalue weighted by atomic mass is 9.94. The number of aromatic nitrogens is 3. The van der Waals surface area contributed by atoms with E-state index in [4.69, 9.17) is 4.42 Å². The van der Waals surface area contributed by atoms with Gasteiger partial charge >= 0.3 is 0 Å². The Morgan fingerprint density at radius 3 is 2.54 bits per heavy atom. The number of nitrogens with zero attached hydrogens (tertiary/aromatic N) is 4. The predicted octanol–water partition coefficient (Wildman–Crippen LogP) is 4.24. The van der Waals surface area contributed by atoms with E-state index in [1.54, 1.807) is 21.9 Å². The fourth-order valence-corrected chi connectivity index (χ4v) is 4.78. The molecule has 2 amide bonds. The van der Waals surface area contributed by atoms with Gasteiger partial charge in [0.1, 0.15) is 23.9 Å². The largest absolute Gasteiger partial charge is 0.467 e. The SMILES string of the molecule is O=C(NC1CCCCC1)C(c1ccccc1)N(Cc1ccco1)C(=O)Cn1nnc2ccccc21. The Kier molecular flexibility index (Phi) is 6.88. The van der Waals surface area contributed by atoms with Gasteiger partial charge in [0.2, 0.25) is 11.8 Å². The minimum Gasteiger partial charge on any atom is -0.467 e. The van der Waals surface area contributed by atoms with Gasteiger partial charge in [0, 0.05) is 6.04 Å². The third kappa shape index (κ3) is 5.26. The van der Waals surface area contributed by atoms with Crippen molar-refractivity contribution in [2.75, 3.05) is 0 Å². The maximum atomic E-state index is 13.8. The van der Waals surface area contributed by atoms with E-state index in [-0.39, 0.29) is 30.9 Å². The number of hydrogen-bond donors (Lipinski definition) is 1. The van der Waals surface area contributed by atoms with Crippen molar-refractivity contribution in [2.24, 2.45) is 0 Å². The first-order valence-electron chi connectivity index (χ1n) is 12.1. The van der Waals surface area contributed by atoms with E-state index in [9.17, 15) is 9.59 Å². The second-order valence-electron chi connectivity index (χ2n) is 8.99. The van der Waals surface area contributed by atoms with Crippen LogP contribution in [0.25, 0.3) is 11.0 Å². The molecule has 0 radical (unpaired) electrons. The van der Waals surface area contributed by atoms with E-state index in [2.05, 4.69) is 15.6 Å². The fourth-order valence-electron chi connectivity index (χ4n) is 4.78. The molecule has 5 rings (SSSR count). The van der Waals surface area contributed by atoms with Crippen LogP contribution in [0.15, 0.2) is 77.4 Å². The lowest BCUT2D eigenvalue weighted by molar-refractivity contribution is -0.142. The number of nitrogens with one attached hydrogen (secondary N) is 1. The number of amides is 2. The molecule has 4 aromatic rings. The molecule has 1 aliphatic carbocycles. The van der Waals surface area contributed by atoms with Crippen LogP contribution in [0.2, 0.25) is 0 Å². The summed E-state index contributed by atoms with van der Waals surface area (Å²) in [6.07, 6.45) is 6.91. The first kappa shape index (κ1) is 22.8. The van der Waals surface area contributed by atoms with Gasteiger partial charge in [-0.05, 0) is 42.7 Å². The van der Waals surface area contributed by atoms with E-state index in [1.165, 1.54) is 6.42 Å². The highest BCUT2D eigenvalue weighted by atomic mass is 16.3. The highest BCUT2D eigenvalue weighted by Gasteiger charge is 2.33. The Morgan fingerprint density at radius 1 is 1.00 bits per heavy atom. The Bertz CT molecular complexity index is 1260. The molecule has 2 aromatic carbocycles. The monoisotopic (exact) mass is 471 g/mol. The van der Waals surface area contributed by atoms with Gasteiger partial charge in [0.05, 0.1) is 18.3 Å². The Morgan fingerprint density at radius 2 is 1.77 bits per heavy atom. The van der Waals surface area contributed by atoms with Crippen LogP contribution in [0.5, 0.6) is 0 Å². The third-order valence-corrected chi connectivity index (χ3v) is 6.56. The summed E-state index contributed by atoms with van der Waals surface area (Å²) in [5, 5.41) is 11.6. The highest BCUT2D eigenvalue weighted by molar-refractivity contribution is 5.89. The molecule has 35 heavy (non-hydrogen) atoms. The van der Waals surface area contributed by atoms with Crippen LogP contribution in [0.3, 0.4) is 0 Å². The molecule has 0 bridgehead atoms. The minimum atomic E-state index is -0.800. The number of fused-ring (bicyclic) bond motifs is 1. The molecule has 1 unspecified atom stereocenters. The van der Waals surface area contributed by atoms with Crippen molar-refractivity contribution >= 4 is 22.8 Å². The maximum Gasteiger partial charge on any atom is 0.247 e. The first-order chi connectivity index (χ1) is 17.2. The van der Waals surface area contributed by atoms with Crippen molar-refractivity contribution in [1.82, 2.24) is 25.2 Å². The lowest BCUT2D eigenvalue weighted by Crippen LogP contribution is -2.47. The van der Waals surface area contributed by atoms with E-state index < -0.39 is 6.04 Å². The van der Waals surface area contributed by atoms with E-state index >= 15 is 0 Å². The van der Waals surface area contributed by atoms with Crippen molar-refractivity contribution in [3.05, 3.63) is 84.3 Å². The van der Waals surface area contributed by atoms with Crippen LogP contribution in [0.4, 0.5) is 0 Å². The van der Waals surface area contributed by atoms with Crippen LogP contribution in [0, 0.1) is 0 Å². The summed E-state index contributed by atoms with van der Waals surface area (Å²) in [6, 6.07) is 19.9. The van der Waals surface area contributed by atoms with Crippen LogP contribution in [0.1, 0.15) is 49.5 Å². The van der Waals surface area contributed by atoms with Crippen molar-refractivity contribution in [1.29, 1.82) is 0 Å². The summed E-state index contributed by atoms with van der Waals surface area (Å²) in [4.78, 5) is 29.1. The average molecular weight is 472 g/mol. The molecule has 1 N–H and O–H groups in total. The summed E-state index contributed by atoms with van der Waals surface area (Å²) in [6.45, 7) is 0.122. The lowest BCUT2D eigenvalue weighted by Gasteiger charge is -2.33. The number of hydrogen-bond acceptors (Lipinski definition) is 5. The number of furan rings is 1. The molecular formula is C27H29N5O3. The number of carbonyl (C=O) groups is 2. The van der Waals surface area contributed by atoms with Crippen LogP contribution < -0.4 is 5.32 Å². The topological polar surface area (TPSA) is 93.3 Å². The predicted molar refractivity (Wildman–Crippen MR) is 131 cm³/mol. The van der Waals surface area contributed by atoms with Crippen molar-refractivity contribution in [3.8, 4) is 0 Å². The molecule has 1 aliphatic rings. The van der Waals surface area contributed by atoms with Gasteiger partial charge in [-0.25, -0.2) is 4.68 Å². The Balaban J connectivity index is 1.48. The molecule has 2 heterocycles. The summed E-state index contributed by atoms with van der Waals surface area (Å²) < 4.78 is 7.15. The molecule has 1 fully saturated rings. The fraction of sp³-hybridized carbons (Fsp3) is 0.333. The van der Waals surface area contributed by atoms with Crippen molar-refractivity contribution < 1.29 is 14.0 Å². The van der Waals surface area contributed by atoms with Gasteiger partial charge < -0.3 is 14.6 Å². The molecule has 180 valence electrons. The molecular weight excluding hydrogens is 442 g/mol. The van der Waals surface area contributed by atoms with Gasteiger partial charge in [0.25, 0.3) is 0 Å². The van der Waals surface area contributed by atoms with Crippen LogP contribution in [-0.4, -0.2) is 37.7 Å². The molecule has 8 nitrogen and oxygen atoms in total. The zero-order chi connectivity index (χ0) is 24.0. The normalized spacial score (nSPS) is 15.1. The van der Waals surface area contributed by atoms with Gasteiger partial charge in [-0.1, -0.05) is 66.9 Å². The summed E-state index contributed by atoms with van der Waals surface area (Å²) in [5.41, 5.74) is 2.23. The van der Waals surface area contributed by atoms with E-state index in [0.29, 0.717) is 11.3 Å². The van der Waals surface area contributed by atoms with E-state index in [1.807, 2.05) is 60.7 Å². The Hall–Kier alpha value is -3.94. The standard InChI is InChI=1S/C27H29N5O3/c33-25(19-32-24-16-8-7-15-23(24)29-30-32)31(18-22-14-9-17-35-22)26(20-10-3-1-4-11-20)27(34)28-21-12-5-2-6-13-21/h1,3-4,7-11,14-17,21,26H,2,5-6,12-13,18-19H2,(H,28,34). The smallest absolute Gasteiger partial charge is 0.247 e. The molecule has 0 aliphatic heterocycles. The Labute approximate surface area is 203 Å². The molecule has 0 saturated heterocycles. The molecule has 2 aromatic heterocycles. The quantitative estimate of drug-likeness (QED) is 0.415. The molecule has 1 atom stereocenters. The van der Waals surface area contributed by atoms with Crippen LogP contribution >= 0.6 is 0 Å². The van der Waals surface area contributed by atoms with Crippen molar-refractivity contribution in [3.63, 3.8) is 0 Å². The summed E-state index contributed by atoms with van der Waals surface area (Å²) >= 11 is 0. The number of carbonyl (C=O) groups excluding carboxylic acids is 2. The van der Waals surface area contributed by atoms with Gasteiger partial charge in [0.15, 0.2) is 0 Å². The molecule has 0 spiro atoms. The summed E-state index contributed by atoms with van der Waals surface area (Å²) in [7, 11) is 0. The third-order valence-electron chi connectivity index (χ3n) is 6.56. The van der Waals surface area contributed by atoms with Gasteiger partial charge in [-0.15, -0.1) is 5.10 Å². The minimum absolute atomic E-state index is 0.0404. The van der Waals surface area contributed by atoms with Crippen LogP contribution in [-0.2, 0) is 22.7 Å². The average Bonchev–Trinajstić information content (AvgIpc) is 3.55. The first-order valence-corrected chi connectivity index (χ1v) is 12.1. The van der Waals surface area contributed by atoms with Gasteiger partial charge in [-0.3, -0.25) is 9.59 Å². The maximum absolute atomic E-state index is 13.8. The number of para-hydroxylation sites is 1. The van der Waals surface area contributed by atoms with Crippen molar-refractivity contribution in [2.45, 2.75) is 57.3 Å². The second kappa shape index (κ2) is 10.5. The van der Waals surface area contributed by atoms with Gasteiger partial charge in [-0.2, -0.15) is 0 Å². The number of benzene rings is 2. The summed E-state index contributed by atoms with van der Waals surface area (Å²) in [5.74, 6) is 0.185. The van der Waals surface area contributed by atoms with E-state index in [0.717, 1.165) is 36.8 Å².